The van der Waals surface area contributed by atoms with Crippen LogP contribution >= 0.6 is 0 Å². The Labute approximate surface area is 691 Å². The highest BCUT2D eigenvalue weighted by molar-refractivity contribution is 6.31. The first-order chi connectivity index (χ1) is 59.5. The van der Waals surface area contributed by atoms with Gasteiger partial charge in [0.2, 0.25) is 0 Å². The van der Waals surface area contributed by atoms with Crippen molar-refractivity contribution in [3.8, 4) is 113 Å². The van der Waals surface area contributed by atoms with Gasteiger partial charge in [0.15, 0.2) is 23.3 Å². The van der Waals surface area contributed by atoms with Crippen molar-refractivity contribution < 1.29 is 0 Å². The summed E-state index contributed by atoms with van der Waals surface area (Å²) in [4.78, 5) is 25.5. The minimum Gasteiger partial charge on any atom is -0.309 e. The zero-order chi connectivity index (χ0) is 79.1. The molecule has 120 heavy (non-hydrogen) atoms. The SMILES string of the molecule is c1ccc(-c2ccc(-c3nc(-c4ccccc4)cc(-c4ccc5c(-n6c7ccccc7c7c8c9ccccc9n(-c9ccccc9)c8ccc76)cccc5c4)n3)cc2)cc1.c1ccc(-c2ccc(-c3nc(-c4ccccc4)nc(-c4ccc5c(-n6c7ccccc7c7c8c9ccccc9n(-c9ccccc9)c8ccc76)cccc5c4)n3)cc2)cc1. The molecule has 0 saturated carbocycles. The van der Waals surface area contributed by atoms with Crippen LogP contribution in [0.1, 0.15) is 0 Å². The molecule has 0 radical (unpaired) electrons. The van der Waals surface area contributed by atoms with E-state index in [0.29, 0.717) is 23.3 Å². The standard InChI is InChI=1S/C56H36N4.C55H35N5/c1-4-15-37(16-5-1)38-27-29-40(30-28-38)56-57-47(39-17-6-2-7-18-39)36-48(58-56)42-31-32-44-41(35-42)19-14-26-49(44)60-51-25-13-11-23-46(51)55-53(60)34-33-52-54(55)45-22-10-12-24-50(45)59(52)43-20-8-3-9-21-43;1-4-15-36(16-5-1)37-27-29-39(30-28-37)54-56-53(38-17-6-2-7-18-38)57-55(58-54)41-31-32-43-40(35-41)19-14-26-46(43)60-48-25-13-11-23-45(48)52-50(60)34-33-49-51(52)44-22-10-12-24-47(44)59(49)42-20-8-3-9-21-42/h1-36H;1-35H. The van der Waals surface area contributed by atoms with Gasteiger partial charge in [0.1, 0.15) is 0 Å². The summed E-state index contributed by atoms with van der Waals surface area (Å²) in [6.07, 6.45) is 0. The van der Waals surface area contributed by atoms with Crippen LogP contribution in [0.2, 0.25) is 0 Å². The summed E-state index contributed by atoms with van der Waals surface area (Å²) in [6, 6.07) is 153. The summed E-state index contributed by atoms with van der Waals surface area (Å²) in [5.74, 6) is 2.61. The minimum atomic E-state index is 0.632. The highest BCUT2D eigenvalue weighted by atomic mass is 15.0. The van der Waals surface area contributed by atoms with Gasteiger partial charge in [-0.25, -0.2) is 24.9 Å². The highest BCUT2D eigenvalue weighted by Gasteiger charge is 2.25. The van der Waals surface area contributed by atoms with Gasteiger partial charge in [0.05, 0.1) is 66.9 Å². The quantitative estimate of drug-likeness (QED) is 0.122. The van der Waals surface area contributed by atoms with E-state index in [1.165, 1.54) is 104 Å². The predicted octanol–water partition coefficient (Wildman–Crippen LogP) is 28.4. The first kappa shape index (κ1) is 69.3. The molecule has 0 spiro atoms. The molecule has 18 aromatic carbocycles. The maximum Gasteiger partial charge on any atom is 0.164 e. The summed E-state index contributed by atoms with van der Waals surface area (Å²) in [5, 5.41) is 14.6. The topological polar surface area (TPSA) is 84.2 Å². The Hall–Kier alpha value is -16.2. The van der Waals surface area contributed by atoms with Crippen LogP contribution in [0.3, 0.4) is 0 Å². The van der Waals surface area contributed by atoms with Gasteiger partial charge < -0.3 is 18.3 Å². The molecule has 6 aromatic heterocycles. The zero-order valence-electron chi connectivity index (χ0n) is 65.0. The number of nitrogens with zero attached hydrogens (tertiary/aromatic N) is 9. The van der Waals surface area contributed by atoms with E-state index in [-0.39, 0.29) is 0 Å². The smallest absolute Gasteiger partial charge is 0.164 e. The molecule has 0 aliphatic rings. The van der Waals surface area contributed by atoms with Gasteiger partial charge in [-0.15, -0.1) is 0 Å². The largest absolute Gasteiger partial charge is 0.309 e. The number of hydrogen-bond acceptors (Lipinski definition) is 5. The summed E-state index contributed by atoms with van der Waals surface area (Å²) in [6.45, 7) is 0. The van der Waals surface area contributed by atoms with E-state index < -0.39 is 0 Å². The van der Waals surface area contributed by atoms with Gasteiger partial charge in [0, 0.05) is 98.6 Å². The van der Waals surface area contributed by atoms with Crippen LogP contribution in [-0.4, -0.2) is 43.2 Å². The fraction of sp³-hybridized carbons (Fsp3) is 0. The van der Waals surface area contributed by atoms with E-state index >= 15 is 0 Å². The predicted molar refractivity (Wildman–Crippen MR) is 498 cm³/mol. The second-order valence-electron chi connectivity index (χ2n) is 30.6. The maximum atomic E-state index is 5.22. The molecule has 0 fully saturated rings. The second-order valence-corrected chi connectivity index (χ2v) is 30.6. The average molecular weight is 1530 g/mol. The van der Waals surface area contributed by atoms with E-state index in [1.807, 2.05) is 48.5 Å². The number of para-hydroxylation sites is 6. The third-order valence-corrected chi connectivity index (χ3v) is 23.7. The Balaban J connectivity index is 0.000000140. The molecule has 0 amide bonds. The molecule has 560 valence electrons. The van der Waals surface area contributed by atoms with Crippen LogP contribution in [0, 0.1) is 0 Å². The molecule has 24 rings (SSSR count). The molecule has 0 saturated heterocycles. The summed E-state index contributed by atoms with van der Waals surface area (Å²) < 4.78 is 9.69. The van der Waals surface area contributed by atoms with Crippen molar-refractivity contribution in [1.29, 1.82) is 0 Å². The van der Waals surface area contributed by atoms with Gasteiger partial charge >= 0.3 is 0 Å². The Bertz CT molecular complexity index is 7620. The van der Waals surface area contributed by atoms with Crippen molar-refractivity contribution >= 4 is 109 Å². The lowest BCUT2D eigenvalue weighted by molar-refractivity contribution is 1.07. The summed E-state index contributed by atoms with van der Waals surface area (Å²) in [5.41, 5.74) is 26.4. The van der Waals surface area contributed by atoms with Gasteiger partial charge in [-0.3, -0.25) is 0 Å². The molecule has 9 nitrogen and oxygen atoms in total. The first-order valence-corrected chi connectivity index (χ1v) is 40.7. The van der Waals surface area contributed by atoms with E-state index in [0.717, 1.165) is 94.8 Å². The normalized spacial score (nSPS) is 11.7. The van der Waals surface area contributed by atoms with Crippen molar-refractivity contribution in [2.75, 3.05) is 0 Å². The number of aromatic nitrogens is 9. The van der Waals surface area contributed by atoms with Crippen LogP contribution in [0.5, 0.6) is 0 Å². The Morgan fingerprint density at radius 3 is 0.833 bits per heavy atom. The van der Waals surface area contributed by atoms with E-state index in [9.17, 15) is 0 Å². The molecular formula is C111H71N9. The van der Waals surface area contributed by atoms with Crippen molar-refractivity contribution in [1.82, 2.24) is 43.2 Å². The van der Waals surface area contributed by atoms with E-state index in [2.05, 4.69) is 400 Å². The molecule has 24 aromatic rings. The third-order valence-electron chi connectivity index (χ3n) is 23.7. The minimum absolute atomic E-state index is 0.632. The first-order valence-electron chi connectivity index (χ1n) is 40.7. The lowest BCUT2D eigenvalue weighted by Gasteiger charge is -2.14. The Morgan fingerprint density at radius 1 is 0.150 bits per heavy atom. The van der Waals surface area contributed by atoms with Crippen LogP contribution in [-0.2, 0) is 0 Å². The third kappa shape index (κ3) is 11.8. The molecule has 0 unspecified atom stereocenters. The molecule has 0 N–H and O–H groups in total. The van der Waals surface area contributed by atoms with E-state index in [1.54, 1.807) is 0 Å². The highest BCUT2D eigenvalue weighted by Crippen LogP contribution is 2.47. The van der Waals surface area contributed by atoms with Crippen molar-refractivity contribution in [2.24, 2.45) is 0 Å². The monoisotopic (exact) mass is 1530 g/mol. The summed E-state index contributed by atoms with van der Waals surface area (Å²) in [7, 11) is 0. The summed E-state index contributed by atoms with van der Waals surface area (Å²) >= 11 is 0. The van der Waals surface area contributed by atoms with Crippen molar-refractivity contribution in [2.45, 2.75) is 0 Å². The molecular weight excluding hydrogens is 1460 g/mol. The molecule has 6 heterocycles. The molecule has 0 aliphatic carbocycles. The maximum absolute atomic E-state index is 5.22. The molecule has 0 bridgehead atoms. The van der Waals surface area contributed by atoms with Crippen LogP contribution in [0.4, 0.5) is 0 Å². The molecule has 9 heteroatoms. The number of hydrogen-bond donors (Lipinski definition) is 0. The van der Waals surface area contributed by atoms with Gasteiger partial charge in [-0.2, -0.15) is 0 Å². The fourth-order valence-electron chi connectivity index (χ4n) is 18.2. The molecule has 0 aliphatic heterocycles. The van der Waals surface area contributed by atoms with Crippen LogP contribution in [0.15, 0.2) is 431 Å². The zero-order valence-corrected chi connectivity index (χ0v) is 65.0. The number of rotatable bonds is 12. The van der Waals surface area contributed by atoms with Crippen LogP contribution in [0.25, 0.3) is 222 Å². The van der Waals surface area contributed by atoms with Crippen LogP contribution < -0.4 is 0 Å². The Morgan fingerprint density at radius 2 is 0.425 bits per heavy atom. The van der Waals surface area contributed by atoms with Gasteiger partial charge in [-0.05, 0) is 136 Å². The fourth-order valence-corrected chi connectivity index (χ4v) is 18.2. The number of fused-ring (bicyclic) bond motifs is 16. The van der Waals surface area contributed by atoms with E-state index in [4.69, 9.17) is 24.9 Å². The molecule has 0 atom stereocenters. The second kappa shape index (κ2) is 28.9. The number of benzene rings is 18. The van der Waals surface area contributed by atoms with Gasteiger partial charge in [0.25, 0.3) is 0 Å². The lowest BCUT2D eigenvalue weighted by Crippen LogP contribution is -2.00. The van der Waals surface area contributed by atoms with Crippen molar-refractivity contribution in [3.05, 3.63) is 431 Å². The van der Waals surface area contributed by atoms with Gasteiger partial charge in [-0.1, -0.05) is 328 Å². The average Bonchev–Trinajstić information content (AvgIpc) is 1.55. The van der Waals surface area contributed by atoms with Crippen molar-refractivity contribution in [3.63, 3.8) is 0 Å². The lowest BCUT2D eigenvalue weighted by atomic mass is 10.0. The Kier molecular flexibility index (Phi) is 16.7.